The first-order chi connectivity index (χ1) is 8.45. The van der Waals surface area contributed by atoms with Gasteiger partial charge in [-0.3, -0.25) is 25.0 Å². The molecule has 0 aliphatic heterocycles. The minimum absolute atomic E-state index is 0.0587. The van der Waals surface area contributed by atoms with Crippen molar-refractivity contribution in [2.75, 3.05) is 10.6 Å². The van der Waals surface area contributed by atoms with Crippen LogP contribution < -0.4 is 5.32 Å². The molecule has 0 aliphatic rings. The van der Waals surface area contributed by atoms with E-state index in [4.69, 9.17) is 0 Å². The van der Waals surface area contributed by atoms with Gasteiger partial charge in [0.1, 0.15) is 5.69 Å². The number of nitrogens with one attached hydrogen (secondary N) is 1. The van der Waals surface area contributed by atoms with Crippen LogP contribution in [0.1, 0.15) is 6.42 Å². The summed E-state index contributed by atoms with van der Waals surface area (Å²) in [6.07, 6.45) is 0.147. The second kappa shape index (κ2) is 6.05. The number of nitrogens with zero attached hydrogens (tertiary/aromatic N) is 2. The minimum atomic E-state index is -0.781. The van der Waals surface area contributed by atoms with E-state index in [0.29, 0.717) is 5.33 Å². The van der Waals surface area contributed by atoms with E-state index >= 15 is 0 Å². The standard InChI is InChI=1S/C9H8BrN3O5/c10-4-3-9(14)11-7-2-1-6(12(15)16)5-8(7)13(17)18/h1-2,5H,3-4H2,(H,11,14). The summed E-state index contributed by atoms with van der Waals surface area (Å²) in [4.78, 5) is 31.0. The number of hydrogen-bond donors (Lipinski definition) is 1. The van der Waals surface area contributed by atoms with Gasteiger partial charge in [-0.1, -0.05) is 15.9 Å². The zero-order valence-electron chi connectivity index (χ0n) is 8.96. The highest BCUT2D eigenvalue weighted by Gasteiger charge is 2.20. The number of hydrogen-bond acceptors (Lipinski definition) is 5. The Morgan fingerprint density at radius 1 is 1.28 bits per heavy atom. The molecule has 1 aromatic carbocycles. The molecule has 0 aromatic heterocycles. The Bertz CT molecular complexity index is 505. The van der Waals surface area contributed by atoms with Crippen molar-refractivity contribution >= 4 is 38.9 Å². The topological polar surface area (TPSA) is 115 Å². The number of halogens is 1. The molecule has 18 heavy (non-hydrogen) atoms. The molecule has 0 radical (unpaired) electrons. The predicted octanol–water partition coefficient (Wildman–Crippen LogP) is 2.23. The Kier molecular flexibility index (Phi) is 4.72. The average Bonchev–Trinajstić information content (AvgIpc) is 2.29. The molecule has 0 heterocycles. The number of nitro groups is 2. The maximum Gasteiger partial charge on any atom is 0.299 e. The molecule has 0 unspecified atom stereocenters. The van der Waals surface area contributed by atoms with Crippen LogP contribution >= 0.6 is 15.9 Å². The molecule has 0 saturated heterocycles. The third-order valence-corrected chi connectivity index (χ3v) is 2.38. The summed E-state index contributed by atoms with van der Waals surface area (Å²) >= 11 is 3.06. The third-order valence-electron chi connectivity index (χ3n) is 1.98. The van der Waals surface area contributed by atoms with Crippen LogP contribution in [0.15, 0.2) is 18.2 Å². The number of non-ortho nitro benzene ring substituents is 1. The van der Waals surface area contributed by atoms with E-state index in [-0.39, 0.29) is 12.1 Å². The monoisotopic (exact) mass is 317 g/mol. The van der Waals surface area contributed by atoms with Crippen LogP contribution in [0.3, 0.4) is 0 Å². The summed E-state index contributed by atoms with van der Waals surface area (Å²) in [5, 5.41) is 24.0. The molecule has 0 atom stereocenters. The quantitative estimate of drug-likeness (QED) is 0.508. The van der Waals surface area contributed by atoms with Gasteiger partial charge in [-0.2, -0.15) is 0 Å². The number of anilines is 1. The number of alkyl halides is 1. The normalized spacial score (nSPS) is 9.83. The van der Waals surface area contributed by atoms with Crippen molar-refractivity contribution in [3.8, 4) is 0 Å². The molecule has 0 fully saturated rings. The summed E-state index contributed by atoms with van der Waals surface area (Å²) in [6.45, 7) is 0. The summed E-state index contributed by atoms with van der Waals surface area (Å²) < 4.78 is 0. The van der Waals surface area contributed by atoms with E-state index in [9.17, 15) is 25.0 Å². The lowest BCUT2D eigenvalue weighted by Gasteiger charge is -2.04. The van der Waals surface area contributed by atoms with E-state index in [2.05, 4.69) is 21.2 Å². The molecular weight excluding hydrogens is 310 g/mol. The van der Waals surface area contributed by atoms with E-state index in [1.165, 1.54) is 0 Å². The maximum atomic E-state index is 11.3. The number of nitro benzene ring substituents is 2. The molecule has 9 heteroatoms. The van der Waals surface area contributed by atoms with E-state index in [0.717, 1.165) is 18.2 Å². The fourth-order valence-corrected chi connectivity index (χ4v) is 1.55. The van der Waals surface area contributed by atoms with Crippen molar-refractivity contribution < 1.29 is 14.6 Å². The van der Waals surface area contributed by atoms with Crippen molar-refractivity contribution in [2.24, 2.45) is 0 Å². The molecule has 1 N–H and O–H groups in total. The maximum absolute atomic E-state index is 11.3. The van der Waals surface area contributed by atoms with Gasteiger partial charge in [0.25, 0.3) is 11.4 Å². The average molecular weight is 318 g/mol. The Labute approximate surface area is 109 Å². The lowest BCUT2D eigenvalue weighted by atomic mass is 10.2. The number of carbonyl (C=O) groups excluding carboxylic acids is 1. The third kappa shape index (κ3) is 3.48. The zero-order valence-corrected chi connectivity index (χ0v) is 10.5. The van der Waals surface area contributed by atoms with Gasteiger partial charge in [-0.15, -0.1) is 0 Å². The van der Waals surface area contributed by atoms with Gasteiger partial charge in [0, 0.05) is 17.8 Å². The molecule has 0 bridgehead atoms. The summed E-state index contributed by atoms with van der Waals surface area (Å²) in [5.41, 5.74) is -0.969. The molecular formula is C9H8BrN3O5. The highest BCUT2D eigenvalue weighted by Crippen LogP contribution is 2.28. The molecule has 96 valence electrons. The van der Waals surface area contributed by atoms with Gasteiger partial charge in [0.2, 0.25) is 5.91 Å². The minimum Gasteiger partial charge on any atom is -0.320 e. The van der Waals surface area contributed by atoms with Crippen LogP contribution in [0.4, 0.5) is 17.1 Å². The lowest BCUT2D eigenvalue weighted by Crippen LogP contribution is -2.13. The fraction of sp³-hybridized carbons (Fsp3) is 0.222. The van der Waals surface area contributed by atoms with Gasteiger partial charge >= 0.3 is 0 Å². The van der Waals surface area contributed by atoms with E-state index in [1.807, 2.05) is 0 Å². The lowest BCUT2D eigenvalue weighted by molar-refractivity contribution is -0.393. The van der Waals surface area contributed by atoms with Gasteiger partial charge in [0.15, 0.2) is 0 Å². The van der Waals surface area contributed by atoms with Crippen LogP contribution in [0.5, 0.6) is 0 Å². The van der Waals surface area contributed by atoms with Gasteiger partial charge in [-0.25, -0.2) is 0 Å². The Morgan fingerprint density at radius 2 is 1.94 bits per heavy atom. The molecule has 1 amide bonds. The van der Waals surface area contributed by atoms with Crippen molar-refractivity contribution in [3.05, 3.63) is 38.4 Å². The number of amides is 1. The van der Waals surface area contributed by atoms with Crippen LogP contribution in [0.2, 0.25) is 0 Å². The van der Waals surface area contributed by atoms with Crippen LogP contribution in [0.25, 0.3) is 0 Å². The SMILES string of the molecule is O=C(CCBr)Nc1ccc([N+](=O)[O-])cc1[N+](=O)[O-]. The van der Waals surface area contributed by atoms with Crippen LogP contribution in [-0.2, 0) is 4.79 Å². The van der Waals surface area contributed by atoms with Gasteiger partial charge < -0.3 is 5.32 Å². The molecule has 0 aliphatic carbocycles. The molecule has 8 nitrogen and oxygen atoms in total. The van der Waals surface area contributed by atoms with E-state index < -0.39 is 27.1 Å². The summed E-state index contributed by atoms with van der Waals surface area (Å²) in [5.74, 6) is -0.413. The van der Waals surface area contributed by atoms with Crippen molar-refractivity contribution in [2.45, 2.75) is 6.42 Å². The summed E-state index contributed by atoms with van der Waals surface area (Å²) in [7, 11) is 0. The first-order valence-corrected chi connectivity index (χ1v) is 5.86. The predicted molar refractivity (Wildman–Crippen MR) is 66.8 cm³/mol. The Hall–Kier alpha value is -2.03. The number of carbonyl (C=O) groups is 1. The smallest absolute Gasteiger partial charge is 0.299 e. The highest BCUT2D eigenvalue weighted by atomic mass is 79.9. The van der Waals surface area contributed by atoms with Crippen molar-refractivity contribution in [1.82, 2.24) is 0 Å². The van der Waals surface area contributed by atoms with Crippen LogP contribution in [-0.4, -0.2) is 21.1 Å². The first-order valence-electron chi connectivity index (χ1n) is 4.74. The second-order valence-corrected chi connectivity index (χ2v) is 4.00. The molecule has 0 spiro atoms. The molecule has 1 aromatic rings. The van der Waals surface area contributed by atoms with Gasteiger partial charge in [-0.05, 0) is 6.07 Å². The zero-order chi connectivity index (χ0) is 13.7. The van der Waals surface area contributed by atoms with Crippen molar-refractivity contribution in [1.29, 1.82) is 0 Å². The first kappa shape index (κ1) is 14.0. The Morgan fingerprint density at radius 3 is 2.44 bits per heavy atom. The summed E-state index contributed by atoms with van der Waals surface area (Å²) in [6, 6.07) is 3.04. The largest absolute Gasteiger partial charge is 0.320 e. The highest BCUT2D eigenvalue weighted by molar-refractivity contribution is 9.09. The Balaban J connectivity index is 3.08. The second-order valence-electron chi connectivity index (χ2n) is 3.20. The van der Waals surface area contributed by atoms with Crippen molar-refractivity contribution in [3.63, 3.8) is 0 Å². The number of rotatable bonds is 5. The molecule has 0 saturated carbocycles. The molecule has 1 rings (SSSR count). The van der Waals surface area contributed by atoms with E-state index in [1.54, 1.807) is 0 Å². The number of benzene rings is 1. The van der Waals surface area contributed by atoms with Gasteiger partial charge in [0.05, 0.1) is 15.9 Å². The fourth-order valence-electron chi connectivity index (χ4n) is 1.19. The van der Waals surface area contributed by atoms with Crippen LogP contribution in [0, 0.1) is 20.2 Å².